The van der Waals surface area contributed by atoms with E-state index < -0.39 is 0 Å². The molecule has 0 fully saturated rings. The summed E-state index contributed by atoms with van der Waals surface area (Å²) >= 11 is 1.72. The van der Waals surface area contributed by atoms with Gasteiger partial charge in [0.05, 0.1) is 30.0 Å². The maximum Gasteiger partial charge on any atom is 0.262 e. The van der Waals surface area contributed by atoms with Crippen molar-refractivity contribution in [1.82, 2.24) is 19.3 Å². The highest BCUT2D eigenvalue weighted by Gasteiger charge is 2.20. The fourth-order valence-electron chi connectivity index (χ4n) is 3.85. The lowest BCUT2D eigenvalue weighted by molar-refractivity contribution is 0.419. The Morgan fingerprint density at radius 2 is 2.04 bits per heavy atom. The van der Waals surface area contributed by atoms with Gasteiger partial charge in [0.1, 0.15) is 4.83 Å². The molecule has 0 saturated heterocycles. The lowest BCUT2D eigenvalue weighted by atomic mass is 10.1. The second kappa shape index (κ2) is 6.41. The molecule has 0 N–H and O–H groups in total. The number of rotatable bonds is 3. The van der Waals surface area contributed by atoms with E-state index in [4.69, 9.17) is 0 Å². The fraction of sp³-hybridized carbons (Fsp3) is 0.526. The Morgan fingerprint density at radius 1 is 1.24 bits per heavy atom. The van der Waals surface area contributed by atoms with Crippen molar-refractivity contribution >= 4 is 21.6 Å². The first-order valence-corrected chi connectivity index (χ1v) is 9.88. The molecule has 6 heteroatoms. The molecule has 0 spiro atoms. The molecule has 3 aromatic heterocycles. The van der Waals surface area contributed by atoms with Gasteiger partial charge in [-0.15, -0.1) is 11.3 Å². The van der Waals surface area contributed by atoms with Gasteiger partial charge < -0.3 is 0 Å². The van der Waals surface area contributed by atoms with Gasteiger partial charge in [0.15, 0.2) is 0 Å². The summed E-state index contributed by atoms with van der Waals surface area (Å²) in [5.41, 5.74) is 3.51. The highest BCUT2D eigenvalue weighted by Crippen LogP contribution is 2.32. The molecule has 3 heterocycles. The maximum atomic E-state index is 13.2. The summed E-state index contributed by atoms with van der Waals surface area (Å²) in [5.74, 6) is 0. The van der Waals surface area contributed by atoms with Crippen molar-refractivity contribution in [2.24, 2.45) is 0 Å². The average molecular weight is 356 g/mol. The van der Waals surface area contributed by atoms with Gasteiger partial charge in [-0.25, -0.2) is 4.98 Å². The van der Waals surface area contributed by atoms with Crippen LogP contribution in [0.4, 0.5) is 0 Å². The molecule has 0 bridgehead atoms. The number of hydrogen-bond acceptors (Lipinski definition) is 4. The Kier molecular flexibility index (Phi) is 4.23. The van der Waals surface area contributed by atoms with Crippen LogP contribution in [0, 0.1) is 13.8 Å². The molecule has 132 valence electrons. The number of hydrogen-bond donors (Lipinski definition) is 0. The first-order chi connectivity index (χ1) is 12.0. The Morgan fingerprint density at radius 3 is 2.80 bits per heavy atom. The van der Waals surface area contributed by atoms with Gasteiger partial charge in [-0.05, 0) is 58.1 Å². The van der Waals surface area contributed by atoms with E-state index in [1.165, 1.54) is 29.7 Å². The smallest absolute Gasteiger partial charge is 0.262 e. The van der Waals surface area contributed by atoms with E-state index in [1.807, 2.05) is 11.6 Å². The van der Waals surface area contributed by atoms with Crippen LogP contribution in [0.3, 0.4) is 0 Å². The molecule has 1 aliphatic rings. The van der Waals surface area contributed by atoms with Crippen LogP contribution in [0.15, 0.2) is 17.2 Å². The van der Waals surface area contributed by atoms with Gasteiger partial charge in [-0.2, -0.15) is 5.10 Å². The quantitative estimate of drug-likeness (QED) is 0.671. The Labute approximate surface area is 151 Å². The van der Waals surface area contributed by atoms with E-state index in [0.717, 1.165) is 34.4 Å². The van der Waals surface area contributed by atoms with Crippen molar-refractivity contribution in [2.45, 2.75) is 65.5 Å². The van der Waals surface area contributed by atoms with Gasteiger partial charge >= 0.3 is 0 Å². The Bertz CT molecular complexity index is 981. The second-order valence-corrected chi connectivity index (χ2v) is 8.24. The van der Waals surface area contributed by atoms with Gasteiger partial charge in [0, 0.05) is 10.6 Å². The molecule has 0 amide bonds. The van der Waals surface area contributed by atoms with Crippen molar-refractivity contribution in [3.8, 4) is 0 Å². The molecule has 0 radical (unpaired) electrons. The Balaban J connectivity index is 1.75. The van der Waals surface area contributed by atoms with Gasteiger partial charge in [0.25, 0.3) is 5.56 Å². The normalized spacial score (nSPS) is 16.0. The van der Waals surface area contributed by atoms with E-state index in [9.17, 15) is 4.79 Å². The second-order valence-electron chi connectivity index (χ2n) is 7.16. The third kappa shape index (κ3) is 2.92. The van der Waals surface area contributed by atoms with Gasteiger partial charge in [-0.1, -0.05) is 6.42 Å². The van der Waals surface area contributed by atoms with Gasteiger partial charge in [-0.3, -0.25) is 14.0 Å². The summed E-state index contributed by atoms with van der Waals surface area (Å²) < 4.78 is 3.77. The molecule has 4 rings (SSSR count). The first kappa shape index (κ1) is 16.5. The maximum absolute atomic E-state index is 13.2. The summed E-state index contributed by atoms with van der Waals surface area (Å²) in [6.07, 6.45) is 7.48. The zero-order valence-electron chi connectivity index (χ0n) is 15.1. The van der Waals surface area contributed by atoms with E-state index in [2.05, 4.69) is 30.0 Å². The number of nitrogens with zero attached hydrogens (tertiary/aromatic N) is 4. The van der Waals surface area contributed by atoms with Crippen LogP contribution in [0.1, 0.15) is 54.1 Å². The predicted molar refractivity (Wildman–Crippen MR) is 102 cm³/mol. The van der Waals surface area contributed by atoms with Crippen LogP contribution in [0.2, 0.25) is 0 Å². The van der Waals surface area contributed by atoms with Crippen molar-refractivity contribution in [2.75, 3.05) is 0 Å². The molecule has 3 aromatic rings. The molecule has 0 aliphatic heterocycles. The molecule has 1 unspecified atom stereocenters. The topological polar surface area (TPSA) is 52.7 Å². The molecule has 0 aromatic carbocycles. The summed E-state index contributed by atoms with van der Waals surface area (Å²) in [4.78, 5) is 20.1. The molecule has 25 heavy (non-hydrogen) atoms. The SMILES string of the molecule is Cc1cc(C)n(CC(C)n2cnc3sc4c(c3c2=O)CCCCC4)n1. The number of aromatic nitrogens is 4. The number of aryl methyl sites for hydroxylation is 4. The summed E-state index contributed by atoms with van der Waals surface area (Å²) in [6.45, 7) is 6.79. The van der Waals surface area contributed by atoms with Crippen molar-refractivity contribution in [1.29, 1.82) is 0 Å². The molecular formula is C19H24N4OS. The molecular weight excluding hydrogens is 332 g/mol. The minimum atomic E-state index is 0.0173. The fourth-order valence-corrected chi connectivity index (χ4v) is 5.07. The highest BCUT2D eigenvalue weighted by atomic mass is 32.1. The highest BCUT2D eigenvalue weighted by molar-refractivity contribution is 7.18. The van der Waals surface area contributed by atoms with Crippen molar-refractivity contribution < 1.29 is 0 Å². The average Bonchev–Trinajstić information content (AvgIpc) is 2.98. The number of thiophene rings is 1. The van der Waals surface area contributed by atoms with Crippen molar-refractivity contribution in [3.63, 3.8) is 0 Å². The first-order valence-electron chi connectivity index (χ1n) is 9.07. The van der Waals surface area contributed by atoms with Crippen LogP contribution in [0.25, 0.3) is 10.2 Å². The van der Waals surface area contributed by atoms with Gasteiger partial charge in [0.2, 0.25) is 0 Å². The summed E-state index contributed by atoms with van der Waals surface area (Å²) in [6, 6.07) is 2.08. The van der Waals surface area contributed by atoms with Crippen LogP contribution in [-0.2, 0) is 19.4 Å². The lowest BCUT2D eigenvalue weighted by Gasteiger charge is -2.16. The third-order valence-electron chi connectivity index (χ3n) is 5.17. The molecule has 1 aliphatic carbocycles. The monoisotopic (exact) mass is 356 g/mol. The molecule has 0 saturated carbocycles. The Hall–Kier alpha value is -1.95. The predicted octanol–water partition coefficient (Wildman–Crippen LogP) is 3.80. The minimum Gasteiger partial charge on any atom is -0.294 e. The van der Waals surface area contributed by atoms with Crippen LogP contribution >= 0.6 is 11.3 Å². The van der Waals surface area contributed by atoms with Crippen LogP contribution in [0.5, 0.6) is 0 Å². The van der Waals surface area contributed by atoms with Crippen LogP contribution < -0.4 is 5.56 Å². The van der Waals surface area contributed by atoms with E-state index in [1.54, 1.807) is 22.2 Å². The number of fused-ring (bicyclic) bond motifs is 3. The van der Waals surface area contributed by atoms with E-state index >= 15 is 0 Å². The molecule has 1 atom stereocenters. The lowest BCUT2D eigenvalue weighted by Crippen LogP contribution is -2.27. The van der Waals surface area contributed by atoms with Crippen LogP contribution in [-0.4, -0.2) is 19.3 Å². The zero-order chi connectivity index (χ0) is 17.6. The third-order valence-corrected chi connectivity index (χ3v) is 6.37. The van der Waals surface area contributed by atoms with E-state index in [-0.39, 0.29) is 11.6 Å². The standard InChI is InChI=1S/C19H24N4OS/c1-12-9-13(2)23(21-12)10-14(3)22-11-20-18-17(19(22)24)15-7-5-4-6-8-16(15)25-18/h9,11,14H,4-8,10H2,1-3H3. The summed E-state index contributed by atoms with van der Waals surface area (Å²) in [5, 5.41) is 5.39. The minimum absolute atomic E-state index is 0.0173. The zero-order valence-corrected chi connectivity index (χ0v) is 15.9. The van der Waals surface area contributed by atoms with E-state index in [0.29, 0.717) is 6.54 Å². The summed E-state index contributed by atoms with van der Waals surface area (Å²) in [7, 11) is 0. The van der Waals surface area contributed by atoms with Crippen molar-refractivity contribution in [3.05, 3.63) is 44.6 Å². The molecule has 5 nitrogen and oxygen atoms in total. The largest absolute Gasteiger partial charge is 0.294 e.